The van der Waals surface area contributed by atoms with Crippen molar-refractivity contribution >= 4 is 16.8 Å². The smallest absolute Gasteiger partial charge is 0.0855 e. The molecule has 1 aliphatic heterocycles. The van der Waals surface area contributed by atoms with Crippen LogP contribution in [0.25, 0.3) is 22.5 Å². The van der Waals surface area contributed by atoms with Crippen LogP contribution in [0.3, 0.4) is 0 Å². The van der Waals surface area contributed by atoms with Crippen molar-refractivity contribution in [1.29, 1.82) is 0 Å². The highest BCUT2D eigenvalue weighted by atomic mass is 16.5. The highest BCUT2D eigenvalue weighted by Crippen LogP contribution is 2.20. The summed E-state index contributed by atoms with van der Waals surface area (Å²) in [6.07, 6.45) is 4.30. The lowest BCUT2D eigenvalue weighted by Gasteiger charge is -2.24. The second-order valence-electron chi connectivity index (χ2n) is 6.47. The van der Waals surface area contributed by atoms with E-state index >= 15 is 0 Å². The van der Waals surface area contributed by atoms with E-state index in [9.17, 15) is 0 Å². The van der Waals surface area contributed by atoms with E-state index in [2.05, 4.69) is 72.5 Å². The Morgan fingerprint density at radius 3 is 2.68 bits per heavy atom. The fourth-order valence-corrected chi connectivity index (χ4v) is 3.26. The molecule has 1 aromatic heterocycles. The molecule has 128 valence electrons. The normalized spacial score (nSPS) is 16.0. The van der Waals surface area contributed by atoms with Gasteiger partial charge in [-0.05, 0) is 42.0 Å². The van der Waals surface area contributed by atoms with Crippen molar-refractivity contribution < 1.29 is 4.74 Å². The summed E-state index contributed by atoms with van der Waals surface area (Å²) in [6, 6.07) is 17.0. The molecule has 0 N–H and O–H groups in total. The molecule has 4 nitrogen and oxygen atoms in total. The number of nitrogens with zero attached hydrogens (tertiary/aromatic N) is 3. The second-order valence-corrected chi connectivity index (χ2v) is 6.47. The van der Waals surface area contributed by atoms with Crippen LogP contribution in [0, 0.1) is 6.92 Å². The number of fused-ring (bicyclic) bond motifs is 1. The Labute approximate surface area is 148 Å². The molecule has 0 aliphatic carbocycles. The van der Waals surface area contributed by atoms with Crippen LogP contribution in [0.1, 0.15) is 11.4 Å². The fraction of sp³-hybridized carbons (Fsp3) is 0.286. The van der Waals surface area contributed by atoms with E-state index in [1.54, 1.807) is 0 Å². The van der Waals surface area contributed by atoms with E-state index < -0.39 is 0 Å². The van der Waals surface area contributed by atoms with Crippen molar-refractivity contribution in [3.63, 3.8) is 0 Å². The zero-order valence-electron chi connectivity index (χ0n) is 14.6. The Kier molecular flexibility index (Phi) is 4.63. The van der Waals surface area contributed by atoms with Crippen molar-refractivity contribution in [2.45, 2.75) is 6.92 Å². The van der Waals surface area contributed by atoms with Crippen molar-refractivity contribution in [3.05, 3.63) is 66.0 Å². The summed E-state index contributed by atoms with van der Waals surface area (Å²) in [4.78, 5) is 2.40. The van der Waals surface area contributed by atoms with Crippen molar-refractivity contribution in [2.24, 2.45) is 0 Å². The number of hydrogen-bond donors (Lipinski definition) is 0. The van der Waals surface area contributed by atoms with E-state index in [4.69, 9.17) is 9.84 Å². The Bertz CT molecular complexity index is 891. The molecular formula is C21H23N3O. The Morgan fingerprint density at radius 1 is 1.04 bits per heavy atom. The zero-order chi connectivity index (χ0) is 17.1. The highest BCUT2D eigenvalue weighted by Gasteiger charge is 2.08. The molecule has 0 unspecified atom stereocenters. The maximum absolute atomic E-state index is 5.38. The molecular weight excluding hydrogens is 310 g/mol. The number of morpholine rings is 1. The molecule has 0 bridgehead atoms. The molecule has 0 amide bonds. The predicted octanol–water partition coefficient (Wildman–Crippen LogP) is 3.68. The molecule has 2 heterocycles. The van der Waals surface area contributed by atoms with Crippen LogP contribution in [-0.4, -0.2) is 47.5 Å². The first-order valence-corrected chi connectivity index (χ1v) is 8.82. The monoisotopic (exact) mass is 333 g/mol. The summed E-state index contributed by atoms with van der Waals surface area (Å²) in [5.41, 5.74) is 3.24. The van der Waals surface area contributed by atoms with Gasteiger partial charge in [-0.25, -0.2) is 4.68 Å². The summed E-state index contributed by atoms with van der Waals surface area (Å²) in [7, 11) is 0. The minimum atomic E-state index is 0.837. The zero-order valence-corrected chi connectivity index (χ0v) is 14.6. The molecule has 1 fully saturated rings. The van der Waals surface area contributed by atoms with Gasteiger partial charge in [0.1, 0.15) is 0 Å². The van der Waals surface area contributed by atoms with Gasteiger partial charge in [-0.1, -0.05) is 36.4 Å². The lowest BCUT2D eigenvalue weighted by atomic mass is 10.1. The van der Waals surface area contributed by atoms with Crippen LogP contribution in [0.4, 0.5) is 0 Å². The van der Waals surface area contributed by atoms with Crippen molar-refractivity contribution in [2.75, 3.05) is 32.8 Å². The molecule has 1 saturated heterocycles. The molecule has 0 radical (unpaired) electrons. The lowest BCUT2D eigenvalue weighted by Crippen LogP contribution is -2.36. The van der Waals surface area contributed by atoms with Gasteiger partial charge in [0, 0.05) is 25.3 Å². The van der Waals surface area contributed by atoms with Crippen LogP contribution in [0.2, 0.25) is 0 Å². The number of ether oxygens (including phenoxy) is 1. The van der Waals surface area contributed by atoms with E-state index in [-0.39, 0.29) is 0 Å². The van der Waals surface area contributed by atoms with Crippen LogP contribution in [-0.2, 0) is 4.74 Å². The average molecular weight is 333 g/mol. The van der Waals surface area contributed by atoms with Crippen LogP contribution in [0.5, 0.6) is 0 Å². The van der Waals surface area contributed by atoms with E-state index in [0.29, 0.717) is 0 Å². The third kappa shape index (κ3) is 3.65. The molecule has 2 aromatic carbocycles. The van der Waals surface area contributed by atoms with Gasteiger partial charge in [0.05, 0.1) is 24.6 Å². The summed E-state index contributed by atoms with van der Waals surface area (Å²) >= 11 is 0. The van der Waals surface area contributed by atoms with Gasteiger partial charge >= 0.3 is 0 Å². The van der Waals surface area contributed by atoms with E-state index in [1.807, 2.05) is 4.68 Å². The first kappa shape index (κ1) is 16.1. The molecule has 0 saturated carbocycles. The standard InChI is InChI=1S/C21H23N3O/c1-17-15-20(7-4-10-23-11-13-25-14-12-23)22-24(17)21-9-8-18-5-2-3-6-19(18)16-21/h2-9,15-16H,10-14H2,1H3. The largest absolute Gasteiger partial charge is 0.379 e. The fourth-order valence-electron chi connectivity index (χ4n) is 3.26. The molecule has 25 heavy (non-hydrogen) atoms. The van der Waals surface area contributed by atoms with Crippen LogP contribution >= 0.6 is 0 Å². The van der Waals surface area contributed by atoms with Crippen molar-refractivity contribution in [1.82, 2.24) is 14.7 Å². The molecule has 4 rings (SSSR count). The predicted molar refractivity (Wildman–Crippen MR) is 102 cm³/mol. The molecule has 3 aromatic rings. The lowest BCUT2D eigenvalue weighted by molar-refractivity contribution is 0.0435. The van der Waals surface area contributed by atoms with Gasteiger partial charge in [0.15, 0.2) is 0 Å². The van der Waals surface area contributed by atoms with E-state index in [0.717, 1.165) is 49.9 Å². The number of hydrogen-bond acceptors (Lipinski definition) is 3. The second kappa shape index (κ2) is 7.21. The van der Waals surface area contributed by atoms with Gasteiger partial charge in [-0.2, -0.15) is 5.10 Å². The summed E-state index contributed by atoms with van der Waals surface area (Å²) in [6.45, 7) is 6.74. The number of aromatic nitrogens is 2. The summed E-state index contributed by atoms with van der Waals surface area (Å²) in [5, 5.41) is 7.24. The van der Waals surface area contributed by atoms with Gasteiger partial charge in [0.25, 0.3) is 0 Å². The Hall–Kier alpha value is -2.43. The van der Waals surface area contributed by atoms with Gasteiger partial charge in [-0.3, -0.25) is 4.90 Å². The number of aryl methyl sites for hydroxylation is 1. The first-order valence-electron chi connectivity index (χ1n) is 8.82. The number of rotatable bonds is 4. The highest BCUT2D eigenvalue weighted by molar-refractivity contribution is 5.84. The maximum atomic E-state index is 5.38. The minimum Gasteiger partial charge on any atom is -0.379 e. The molecule has 0 spiro atoms. The Morgan fingerprint density at radius 2 is 1.84 bits per heavy atom. The number of benzene rings is 2. The van der Waals surface area contributed by atoms with E-state index in [1.165, 1.54) is 10.8 Å². The quantitative estimate of drug-likeness (QED) is 0.730. The summed E-state index contributed by atoms with van der Waals surface area (Å²) in [5.74, 6) is 0. The van der Waals surface area contributed by atoms with Gasteiger partial charge in [0.2, 0.25) is 0 Å². The molecule has 1 aliphatic rings. The van der Waals surface area contributed by atoms with Crippen molar-refractivity contribution in [3.8, 4) is 5.69 Å². The topological polar surface area (TPSA) is 30.3 Å². The first-order chi connectivity index (χ1) is 12.3. The average Bonchev–Trinajstić information content (AvgIpc) is 3.03. The minimum absolute atomic E-state index is 0.837. The maximum Gasteiger partial charge on any atom is 0.0855 e. The molecule has 4 heteroatoms. The van der Waals surface area contributed by atoms with Gasteiger partial charge < -0.3 is 4.74 Å². The molecule has 0 atom stereocenters. The Balaban J connectivity index is 1.52. The summed E-state index contributed by atoms with van der Waals surface area (Å²) < 4.78 is 7.40. The third-order valence-electron chi connectivity index (χ3n) is 4.64. The SMILES string of the molecule is Cc1cc(C=CCN2CCOCC2)nn1-c1ccc2ccccc2c1. The van der Waals surface area contributed by atoms with Crippen LogP contribution in [0.15, 0.2) is 54.6 Å². The van der Waals surface area contributed by atoms with Crippen LogP contribution < -0.4 is 0 Å². The third-order valence-corrected chi connectivity index (χ3v) is 4.64. The van der Waals surface area contributed by atoms with Gasteiger partial charge in [-0.15, -0.1) is 0 Å².